The minimum Gasteiger partial charge on any atom is -0.499 e. The van der Waals surface area contributed by atoms with Gasteiger partial charge in [0.2, 0.25) is 0 Å². The van der Waals surface area contributed by atoms with Crippen molar-refractivity contribution in [1.82, 2.24) is 0 Å². The van der Waals surface area contributed by atoms with Crippen LogP contribution in [-0.2, 0) is 0 Å². The number of methoxy groups -OCH3 is 1. The van der Waals surface area contributed by atoms with Crippen molar-refractivity contribution < 1.29 is 4.74 Å². The Kier molecular flexibility index (Phi) is 4.64. The summed E-state index contributed by atoms with van der Waals surface area (Å²) in [4.78, 5) is 0. The molecule has 1 aromatic carbocycles. The average Bonchev–Trinajstić information content (AvgIpc) is 2.18. The van der Waals surface area contributed by atoms with E-state index < -0.39 is 0 Å². The summed E-state index contributed by atoms with van der Waals surface area (Å²) < 4.78 is 6.54. The third-order valence-corrected chi connectivity index (χ3v) is 4.38. The highest BCUT2D eigenvalue weighted by molar-refractivity contribution is 9.23. The fourth-order valence-electron chi connectivity index (χ4n) is 1.08. The topological polar surface area (TPSA) is 9.23 Å². The molecule has 0 aromatic heterocycles. The molecule has 0 radical (unpaired) electrons. The molecule has 3 heteroatoms. The summed E-state index contributed by atoms with van der Waals surface area (Å²) in [5.41, 5.74) is 1.01. The Morgan fingerprint density at radius 1 is 1.46 bits per heavy atom. The molecule has 0 N–H and O–H groups in total. The first-order valence-corrected chi connectivity index (χ1v) is 8.58. The van der Waals surface area contributed by atoms with Crippen LogP contribution in [0.2, 0.25) is 0 Å². The van der Waals surface area contributed by atoms with Crippen molar-refractivity contribution in [3.63, 3.8) is 0 Å². The second-order valence-corrected chi connectivity index (χ2v) is 5.25. The van der Waals surface area contributed by atoms with Gasteiger partial charge in [0.05, 0.1) is 12.9 Å². The molecule has 0 aliphatic rings. The molecule has 1 nitrogen and oxygen atoms in total. The van der Waals surface area contributed by atoms with E-state index in [0.717, 1.165) is 11.3 Å². The normalized spacial score (nSPS) is 8.23. The van der Waals surface area contributed by atoms with Crippen molar-refractivity contribution in [2.75, 3.05) is 7.11 Å². The van der Waals surface area contributed by atoms with Gasteiger partial charge in [-0.1, -0.05) is 12.0 Å². The van der Waals surface area contributed by atoms with E-state index in [1.807, 2.05) is 19.1 Å². The molecule has 0 spiro atoms. The third kappa shape index (κ3) is 2.90. The van der Waals surface area contributed by atoms with E-state index in [9.17, 15) is 0 Å². The Morgan fingerprint density at radius 3 is 2.77 bits per heavy atom. The van der Waals surface area contributed by atoms with Crippen molar-refractivity contribution in [2.45, 2.75) is 6.92 Å². The summed E-state index contributed by atoms with van der Waals surface area (Å²) in [6.45, 7) is 1.83. The molecule has 1 rings (SSSR count). The van der Waals surface area contributed by atoms with Gasteiger partial charge in [-0.2, -0.15) is 0 Å². The summed E-state index contributed by atoms with van der Waals surface area (Å²) in [7, 11) is 1.69. The van der Waals surface area contributed by atoms with E-state index in [-0.39, 0.29) is 18.2 Å². The number of hydrogen-bond acceptors (Lipinski definition) is 1. The fourth-order valence-corrected chi connectivity index (χ4v) is 3.05. The van der Waals surface area contributed by atoms with E-state index in [1.54, 1.807) is 7.11 Å². The van der Waals surface area contributed by atoms with E-state index in [0.29, 0.717) is 0 Å². The summed E-state index contributed by atoms with van der Waals surface area (Å²) in [6, 6.07) is 6.10. The Bertz CT molecular complexity index is 352. The molecule has 0 saturated heterocycles. The minimum atomic E-state index is -0.339. The van der Waals surface area contributed by atoms with Gasteiger partial charge in [0, 0.05) is 5.56 Å². The van der Waals surface area contributed by atoms with Crippen LogP contribution in [0, 0.1) is 11.8 Å². The maximum absolute atomic E-state index is 5.26. The van der Waals surface area contributed by atoms with Gasteiger partial charge in [0.25, 0.3) is 0 Å². The minimum absolute atomic E-state index is 0.339. The molecule has 0 saturated carbocycles. The molecule has 0 aliphatic carbocycles. The van der Waals surface area contributed by atoms with Gasteiger partial charge in [-0.25, -0.2) is 0 Å². The van der Waals surface area contributed by atoms with Gasteiger partial charge >= 0.3 is 18.2 Å². The summed E-state index contributed by atoms with van der Waals surface area (Å²) in [5.74, 6) is 6.82. The molecule has 0 atom stereocenters. The van der Waals surface area contributed by atoms with Crippen molar-refractivity contribution >= 4 is 34.8 Å². The molecule has 1 aromatic rings. The highest BCUT2D eigenvalue weighted by atomic mass is 79.9. The standard InChI is InChI=1S/C10H9O.BrH.Mg/c1-3-5-9-6-4-7-10(8-9)11-2;;/h4,6,8H,1-2H3;1H;/q;;+1/p-1. The molecular formula is C10H9BrMgO. The lowest BCUT2D eigenvalue weighted by Gasteiger charge is -2.06. The lowest BCUT2D eigenvalue weighted by atomic mass is 10.2. The molecule has 13 heavy (non-hydrogen) atoms. The summed E-state index contributed by atoms with van der Waals surface area (Å²) in [5, 5.41) is 0. The first-order valence-electron chi connectivity index (χ1n) is 3.97. The number of benzene rings is 1. The van der Waals surface area contributed by atoms with E-state index in [4.69, 9.17) is 4.74 Å². The van der Waals surface area contributed by atoms with Crippen LogP contribution in [0.4, 0.5) is 0 Å². The van der Waals surface area contributed by atoms with Gasteiger partial charge in [0.15, 0.2) is 0 Å². The van der Waals surface area contributed by atoms with Gasteiger partial charge in [-0.3, -0.25) is 12.9 Å². The largest absolute Gasteiger partial charge is 0.512 e. The van der Waals surface area contributed by atoms with E-state index >= 15 is 0 Å². The van der Waals surface area contributed by atoms with Crippen LogP contribution in [0.15, 0.2) is 18.2 Å². The smallest absolute Gasteiger partial charge is 0.499 e. The monoisotopic (exact) mass is 248 g/mol. The third-order valence-electron chi connectivity index (χ3n) is 1.70. The maximum Gasteiger partial charge on any atom is 0.512 e. The van der Waals surface area contributed by atoms with Crippen molar-refractivity contribution in [3.8, 4) is 17.6 Å². The highest BCUT2D eigenvalue weighted by Gasteiger charge is 2.03. The maximum atomic E-state index is 5.26. The number of halogens is 1. The van der Waals surface area contributed by atoms with Crippen molar-refractivity contribution in [2.24, 2.45) is 0 Å². The molecule has 0 aliphatic heterocycles. The highest BCUT2D eigenvalue weighted by Crippen LogP contribution is 2.09. The number of hydrogen-bond donors (Lipinski definition) is 0. The molecule has 0 unspecified atom stereocenters. The Labute approximate surface area is 94.5 Å². The SMILES string of the molecule is CC#Cc1cc[c]([Mg][Br])c(OC)c1. The van der Waals surface area contributed by atoms with E-state index in [2.05, 4.69) is 30.8 Å². The molecule has 0 bridgehead atoms. The Morgan fingerprint density at radius 2 is 2.23 bits per heavy atom. The van der Waals surface area contributed by atoms with E-state index in [1.165, 1.54) is 3.69 Å². The number of ether oxygens (including phenoxy) is 1. The second kappa shape index (κ2) is 5.53. The van der Waals surface area contributed by atoms with Gasteiger partial charge in [-0.15, -0.1) is 9.61 Å². The van der Waals surface area contributed by atoms with Crippen LogP contribution < -0.4 is 8.43 Å². The second-order valence-electron chi connectivity index (χ2n) is 2.54. The summed E-state index contributed by atoms with van der Waals surface area (Å²) in [6.07, 6.45) is 0. The average molecular weight is 249 g/mol. The van der Waals surface area contributed by atoms with Crippen LogP contribution in [0.5, 0.6) is 5.75 Å². The molecule has 64 valence electrons. The van der Waals surface area contributed by atoms with Gasteiger partial charge < -0.3 is 4.74 Å². The first kappa shape index (κ1) is 10.9. The van der Waals surface area contributed by atoms with Crippen molar-refractivity contribution in [3.05, 3.63) is 23.8 Å². The van der Waals surface area contributed by atoms with Gasteiger partial charge in [-0.05, 0) is 19.1 Å². The predicted molar refractivity (Wildman–Crippen MR) is 59.9 cm³/mol. The number of rotatable bonds is 2. The Hall–Kier alpha value is -0.174. The zero-order valence-corrected chi connectivity index (χ0v) is 10.7. The predicted octanol–water partition coefficient (Wildman–Crippen LogP) is 1.71. The molecule has 0 fully saturated rings. The van der Waals surface area contributed by atoms with Gasteiger partial charge in [0.1, 0.15) is 0 Å². The van der Waals surface area contributed by atoms with Crippen molar-refractivity contribution in [1.29, 1.82) is 0 Å². The van der Waals surface area contributed by atoms with Crippen LogP contribution in [0.1, 0.15) is 12.5 Å². The fraction of sp³-hybridized carbons (Fsp3) is 0.200. The zero-order valence-electron chi connectivity index (χ0n) is 7.73. The van der Waals surface area contributed by atoms with Crippen LogP contribution in [0.25, 0.3) is 0 Å². The first-order chi connectivity index (χ1) is 6.31. The molecular weight excluding hydrogens is 240 g/mol. The zero-order chi connectivity index (χ0) is 9.68. The quantitative estimate of drug-likeness (QED) is 0.573. The molecule has 0 heterocycles. The van der Waals surface area contributed by atoms with Crippen LogP contribution in [0.3, 0.4) is 0 Å². The van der Waals surface area contributed by atoms with Crippen LogP contribution in [-0.4, -0.2) is 25.3 Å². The lowest BCUT2D eigenvalue weighted by molar-refractivity contribution is 0.418. The lowest BCUT2D eigenvalue weighted by Crippen LogP contribution is -2.11. The summed E-state index contributed by atoms with van der Waals surface area (Å²) >= 11 is 3.20. The Balaban J connectivity index is 3.10. The molecule has 0 amide bonds. The van der Waals surface area contributed by atoms with Crippen LogP contribution >= 0.6 is 12.9 Å².